The molecule has 1 amide bonds. The second-order valence-electron chi connectivity index (χ2n) is 5.96. The van der Waals surface area contributed by atoms with Crippen molar-refractivity contribution in [1.29, 1.82) is 0 Å². The Hall–Kier alpha value is -2.67. The number of ether oxygens (including phenoxy) is 1. The maximum absolute atomic E-state index is 12.1. The molecule has 2 fully saturated rings. The average Bonchev–Trinajstić information content (AvgIpc) is 3.20. The van der Waals surface area contributed by atoms with Gasteiger partial charge in [-0.05, 0) is 42.5 Å². The van der Waals surface area contributed by atoms with Gasteiger partial charge >= 0.3 is 0 Å². The fraction of sp³-hybridized carbons (Fsp3) is 0.353. The second-order valence-corrected chi connectivity index (χ2v) is 5.96. The summed E-state index contributed by atoms with van der Waals surface area (Å²) in [5.41, 5.74) is 2.82. The first-order valence-corrected chi connectivity index (χ1v) is 8.03. The SMILES string of the molecule is O=C1NC(=NCC2CCOCC2)N/C1=C\c1ccc2ncoc2c1. The van der Waals surface area contributed by atoms with E-state index < -0.39 is 0 Å². The van der Waals surface area contributed by atoms with E-state index in [1.165, 1.54) is 6.39 Å². The van der Waals surface area contributed by atoms with Crippen molar-refractivity contribution >= 4 is 29.0 Å². The molecule has 1 aromatic heterocycles. The molecule has 0 radical (unpaired) electrons. The average molecular weight is 326 g/mol. The summed E-state index contributed by atoms with van der Waals surface area (Å²) in [6.45, 7) is 2.29. The van der Waals surface area contributed by atoms with Crippen LogP contribution >= 0.6 is 0 Å². The minimum atomic E-state index is -0.182. The van der Waals surface area contributed by atoms with Crippen LogP contribution in [0.2, 0.25) is 0 Å². The van der Waals surface area contributed by atoms with E-state index in [0.29, 0.717) is 29.7 Å². The molecule has 0 unspecified atom stereocenters. The molecule has 0 saturated carbocycles. The molecule has 0 aliphatic carbocycles. The van der Waals surface area contributed by atoms with Gasteiger partial charge in [-0.1, -0.05) is 6.07 Å². The highest BCUT2D eigenvalue weighted by Crippen LogP contribution is 2.17. The number of fused-ring (bicyclic) bond motifs is 1. The number of nitrogens with one attached hydrogen (secondary N) is 2. The van der Waals surface area contributed by atoms with E-state index >= 15 is 0 Å². The predicted octanol–water partition coefficient (Wildman–Crippen LogP) is 1.67. The van der Waals surface area contributed by atoms with Crippen LogP contribution in [0.25, 0.3) is 17.2 Å². The van der Waals surface area contributed by atoms with Crippen molar-refractivity contribution < 1.29 is 13.9 Å². The van der Waals surface area contributed by atoms with Gasteiger partial charge < -0.3 is 14.5 Å². The zero-order chi connectivity index (χ0) is 16.4. The number of oxazole rings is 1. The van der Waals surface area contributed by atoms with Crippen LogP contribution in [0.1, 0.15) is 18.4 Å². The number of carbonyl (C=O) groups is 1. The zero-order valence-corrected chi connectivity index (χ0v) is 13.1. The summed E-state index contributed by atoms with van der Waals surface area (Å²) in [7, 11) is 0. The van der Waals surface area contributed by atoms with Crippen LogP contribution in [0, 0.1) is 5.92 Å². The molecule has 2 N–H and O–H groups in total. The quantitative estimate of drug-likeness (QED) is 0.838. The van der Waals surface area contributed by atoms with Crippen molar-refractivity contribution in [2.75, 3.05) is 19.8 Å². The molecule has 3 heterocycles. The second kappa shape index (κ2) is 6.45. The van der Waals surface area contributed by atoms with E-state index in [2.05, 4.69) is 20.6 Å². The molecule has 0 spiro atoms. The number of aromatic nitrogens is 1. The first-order valence-electron chi connectivity index (χ1n) is 8.03. The smallest absolute Gasteiger partial charge is 0.274 e. The Morgan fingerprint density at radius 2 is 2.17 bits per heavy atom. The Kier molecular flexibility index (Phi) is 4.00. The molecule has 2 saturated heterocycles. The zero-order valence-electron chi connectivity index (χ0n) is 13.1. The number of hydrogen-bond donors (Lipinski definition) is 2. The van der Waals surface area contributed by atoms with Crippen LogP contribution < -0.4 is 10.6 Å². The maximum atomic E-state index is 12.1. The summed E-state index contributed by atoms with van der Waals surface area (Å²) in [5, 5.41) is 5.80. The Bertz CT molecular complexity index is 818. The third-order valence-corrected chi connectivity index (χ3v) is 4.24. The van der Waals surface area contributed by atoms with Crippen molar-refractivity contribution in [2.24, 2.45) is 10.9 Å². The number of rotatable bonds is 3. The van der Waals surface area contributed by atoms with Gasteiger partial charge in [-0.15, -0.1) is 0 Å². The van der Waals surface area contributed by atoms with Gasteiger partial charge in [-0.25, -0.2) is 4.98 Å². The summed E-state index contributed by atoms with van der Waals surface area (Å²) in [6.07, 6.45) is 5.21. The third kappa shape index (κ3) is 3.16. The van der Waals surface area contributed by atoms with E-state index in [-0.39, 0.29) is 5.91 Å². The molecular weight excluding hydrogens is 308 g/mol. The minimum Gasteiger partial charge on any atom is -0.443 e. The molecular formula is C17H18N4O3. The van der Waals surface area contributed by atoms with Crippen LogP contribution in [0.5, 0.6) is 0 Å². The molecule has 7 nitrogen and oxygen atoms in total. The summed E-state index contributed by atoms with van der Waals surface area (Å²) >= 11 is 0. The van der Waals surface area contributed by atoms with Crippen molar-refractivity contribution in [3.05, 3.63) is 35.9 Å². The number of amides is 1. The highest BCUT2D eigenvalue weighted by molar-refractivity contribution is 6.15. The molecule has 1 aromatic carbocycles. The van der Waals surface area contributed by atoms with E-state index in [1.807, 2.05) is 18.2 Å². The van der Waals surface area contributed by atoms with E-state index in [0.717, 1.165) is 37.1 Å². The molecule has 24 heavy (non-hydrogen) atoms. The molecule has 124 valence electrons. The first kappa shape index (κ1) is 14.9. The van der Waals surface area contributed by atoms with Crippen molar-refractivity contribution in [3.63, 3.8) is 0 Å². The first-order chi connectivity index (χ1) is 11.8. The molecule has 2 aromatic rings. The molecule has 0 atom stereocenters. The molecule has 2 aliphatic rings. The summed E-state index contributed by atoms with van der Waals surface area (Å²) in [5.74, 6) is 0.851. The fourth-order valence-corrected chi connectivity index (χ4v) is 2.85. The van der Waals surface area contributed by atoms with Crippen molar-refractivity contribution in [3.8, 4) is 0 Å². The maximum Gasteiger partial charge on any atom is 0.274 e. The van der Waals surface area contributed by atoms with Crippen molar-refractivity contribution in [2.45, 2.75) is 12.8 Å². The summed E-state index contributed by atoms with van der Waals surface area (Å²) in [4.78, 5) is 20.6. The van der Waals surface area contributed by atoms with Gasteiger partial charge in [0.25, 0.3) is 5.91 Å². The Labute approximate surface area is 138 Å². The van der Waals surface area contributed by atoms with E-state index in [1.54, 1.807) is 6.08 Å². The van der Waals surface area contributed by atoms with Crippen LogP contribution in [0.15, 0.2) is 39.7 Å². The lowest BCUT2D eigenvalue weighted by molar-refractivity contribution is -0.115. The normalized spacial score (nSPS) is 22.2. The van der Waals surface area contributed by atoms with E-state index in [9.17, 15) is 4.79 Å². The Balaban J connectivity index is 1.46. The number of aliphatic imine (C=N–C) groups is 1. The minimum absolute atomic E-state index is 0.182. The topological polar surface area (TPSA) is 88.8 Å². The van der Waals surface area contributed by atoms with Crippen LogP contribution in [0.4, 0.5) is 0 Å². The van der Waals surface area contributed by atoms with Crippen molar-refractivity contribution in [1.82, 2.24) is 15.6 Å². The van der Waals surface area contributed by atoms with Crippen LogP contribution in [-0.2, 0) is 9.53 Å². The van der Waals surface area contributed by atoms with Gasteiger partial charge in [0, 0.05) is 19.8 Å². The van der Waals surface area contributed by atoms with E-state index in [4.69, 9.17) is 9.15 Å². The van der Waals surface area contributed by atoms with Gasteiger partial charge in [0.2, 0.25) is 5.96 Å². The number of carbonyl (C=O) groups excluding carboxylic acids is 1. The lowest BCUT2D eigenvalue weighted by Crippen LogP contribution is -2.27. The predicted molar refractivity (Wildman–Crippen MR) is 89.1 cm³/mol. The third-order valence-electron chi connectivity index (χ3n) is 4.24. The molecule has 4 rings (SSSR count). The van der Waals surface area contributed by atoms with Gasteiger partial charge in [0.05, 0.1) is 0 Å². The van der Waals surface area contributed by atoms with Crippen LogP contribution in [-0.4, -0.2) is 36.6 Å². The molecule has 7 heteroatoms. The molecule has 0 bridgehead atoms. The van der Waals surface area contributed by atoms with Gasteiger partial charge in [0.1, 0.15) is 11.2 Å². The molecule has 2 aliphatic heterocycles. The lowest BCUT2D eigenvalue weighted by Gasteiger charge is -2.20. The number of guanidine groups is 1. The largest absolute Gasteiger partial charge is 0.443 e. The number of hydrogen-bond acceptors (Lipinski definition) is 5. The van der Waals surface area contributed by atoms with Crippen LogP contribution in [0.3, 0.4) is 0 Å². The van der Waals surface area contributed by atoms with Gasteiger partial charge in [-0.3, -0.25) is 15.1 Å². The lowest BCUT2D eigenvalue weighted by atomic mass is 10.0. The fourth-order valence-electron chi connectivity index (χ4n) is 2.85. The Morgan fingerprint density at radius 3 is 3.04 bits per heavy atom. The number of nitrogens with zero attached hydrogens (tertiary/aromatic N) is 2. The summed E-state index contributed by atoms with van der Waals surface area (Å²) in [6, 6.07) is 5.60. The highest BCUT2D eigenvalue weighted by atomic mass is 16.5. The number of benzene rings is 1. The Morgan fingerprint density at radius 1 is 1.29 bits per heavy atom. The standard InChI is InChI=1S/C17H18N4O3/c22-16-14(7-12-1-2-13-15(8-12)24-10-19-13)20-17(21-16)18-9-11-3-5-23-6-4-11/h1-2,7-8,10-11H,3-6,9H2,(H2,18,20,21,22)/b14-7-. The summed E-state index contributed by atoms with van der Waals surface area (Å²) < 4.78 is 10.6. The van der Waals surface area contributed by atoms with Gasteiger partial charge in [0.15, 0.2) is 12.0 Å². The van der Waals surface area contributed by atoms with Gasteiger partial charge in [-0.2, -0.15) is 0 Å². The monoisotopic (exact) mass is 326 g/mol. The highest BCUT2D eigenvalue weighted by Gasteiger charge is 2.22.